The molecule has 0 aromatic carbocycles. The Kier molecular flexibility index (Phi) is 3.81. The Morgan fingerprint density at radius 2 is 0.947 bits per heavy atom. The third-order valence-corrected chi connectivity index (χ3v) is 6.68. The van der Waals surface area contributed by atoms with E-state index in [1.807, 2.05) is 0 Å². The normalized spacial score (nSPS) is 42.0. The molecule has 0 radical (unpaired) electrons. The van der Waals surface area contributed by atoms with Crippen molar-refractivity contribution in [3.05, 3.63) is 0 Å². The molecule has 2 unspecified atom stereocenters. The molecular formula is C17H34N2. The molecule has 0 amide bonds. The molecule has 2 nitrogen and oxygen atoms in total. The Labute approximate surface area is 119 Å². The Hall–Kier alpha value is -0.0800. The van der Waals surface area contributed by atoms with E-state index in [0.29, 0.717) is 0 Å². The minimum atomic E-state index is -0.0748. The van der Waals surface area contributed by atoms with Crippen molar-refractivity contribution in [2.24, 2.45) is 22.3 Å². The van der Waals surface area contributed by atoms with Crippen LogP contribution in [0.5, 0.6) is 0 Å². The zero-order valence-corrected chi connectivity index (χ0v) is 13.5. The maximum Gasteiger partial charge on any atom is 0.0223 e. The Morgan fingerprint density at radius 3 is 1.26 bits per heavy atom. The van der Waals surface area contributed by atoms with Gasteiger partial charge in [0.25, 0.3) is 0 Å². The summed E-state index contributed by atoms with van der Waals surface area (Å²) in [5.41, 5.74) is 14.1. The molecule has 2 aliphatic rings. The van der Waals surface area contributed by atoms with Gasteiger partial charge in [-0.2, -0.15) is 0 Å². The van der Waals surface area contributed by atoms with Crippen LogP contribution in [0.2, 0.25) is 0 Å². The molecule has 2 atom stereocenters. The fourth-order valence-electron chi connectivity index (χ4n) is 4.41. The lowest BCUT2D eigenvalue weighted by Gasteiger charge is -2.56. The molecule has 2 rings (SSSR count). The summed E-state index contributed by atoms with van der Waals surface area (Å²) in [7, 11) is 0. The van der Waals surface area contributed by atoms with Gasteiger partial charge in [-0.1, -0.05) is 53.4 Å². The third-order valence-electron chi connectivity index (χ3n) is 6.68. The fourth-order valence-corrected chi connectivity index (χ4v) is 4.41. The van der Waals surface area contributed by atoms with E-state index in [1.165, 1.54) is 38.5 Å². The van der Waals surface area contributed by atoms with Crippen molar-refractivity contribution in [2.75, 3.05) is 0 Å². The first-order valence-electron chi connectivity index (χ1n) is 8.20. The Morgan fingerprint density at radius 1 is 0.632 bits per heavy atom. The van der Waals surface area contributed by atoms with E-state index >= 15 is 0 Å². The van der Waals surface area contributed by atoms with Crippen LogP contribution in [0.15, 0.2) is 0 Å². The molecule has 112 valence electrons. The Bertz CT molecular complexity index is 302. The lowest BCUT2D eigenvalue weighted by atomic mass is 9.53. The quantitative estimate of drug-likeness (QED) is 0.794. The van der Waals surface area contributed by atoms with Gasteiger partial charge in [-0.15, -0.1) is 0 Å². The highest BCUT2D eigenvalue weighted by atomic mass is 14.9. The van der Waals surface area contributed by atoms with E-state index < -0.39 is 0 Å². The second kappa shape index (κ2) is 4.73. The van der Waals surface area contributed by atoms with Crippen LogP contribution in [-0.4, -0.2) is 11.1 Å². The van der Waals surface area contributed by atoms with Crippen molar-refractivity contribution in [2.45, 2.75) is 96.6 Å². The van der Waals surface area contributed by atoms with E-state index in [4.69, 9.17) is 11.5 Å². The molecule has 0 heterocycles. The van der Waals surface area contributed by atoms with Gasteiger partial charge in [-0.3, -0.25) is 0 Å². The summed E-state index contributed by atoms with van der Waals surface area (Å²) in [4.78, 5) is 0. The van der Waals surface area contributed by atoms with Crippen LogP contribution in [-0.2, 0) is 0 Å². The van der Waals surface area contributed by atoms with E-state index in [1.54, 1.807) is 0 Å². The molecule has 2 aliphatic carbocycles. The number of rotatable bonds is 2. The van der Waals surface area contributed by atoms with Gasteiger partial charge in [-0.25, -0.2) is 0 Å². The van der Waals surface area contributed by atoms with Gasteiger partial charge in [0.15, 0.2) is 0 Å². The van der Waals surface area contributed by atoms with Gasteiger partial charge in [0.1, 0.15) is 0 Å². The predicted octanol–water partition coefficient (Wildman–Crippen LogP) is 3.97. The lowest BCUT2D eigenvalue weighted by Crippen LogP contribution is -2.65. The van der Waals surface area contributed by atoms with Gasteiger partial charge in [0.2, 0.25) is 0 Å². The second-order valence-electron chi connectivity index (χ2n) is 8.67. The lowest BCUT2D eigenvalue weighted by molar-refractivity contribution is 0.00976. The molecule has 2 fully saturated rings. The first kappa shape index (κ1) is 15.3. The summed E-state index contributed by atoms with van der Waals surface area (Å²) in [6.45, 7) is 9.41. The molecule has 0 aromatic heterocycles. The average molecular weight is 266 g/mol. The predicted molar refractivity (Wildman–Crippen MR) is 83.0 cm³/mol. The average Bonchev–Trinajstić information content (AvgIpc) is 2.27. The van der Waals surface area contributed by atoms with Crippen LogP contribution in [0.25, 0.3) is 0 Å². The molecular weight excluding hydrogens is 232 g/mol. The van der Waals surface area contributed by atoms with Gasteiger partial charge >= 0.3 is 0 Å². The Balaban J connectivity index is 2.22. The van der Waals surface area contributed by atoms with Crippen LogP contribution in [0.4, 0.5) is 0 Å². The summed E-state index contributed by atoms with van der Waals surface area (Å²) < 4.78 is 0. The maximum absolute atomic E-state index is 6.89. The summed E-state index contributed by atoms with van der Waals surface area (Å²) in [6.07, 6.45) is 11.0. The maximum atomic E-state index is 6.89. The minimum Gasteiger partial charge on any atom is -0.325 e. The molecule has 2 heteroatoms. The number of nitrogens with two attached hydrogens (primary N) is 2. The summed E-state index contributed by atoms with van der Waals surface area (Å²) in [5, 5.41) is 0. The summed E-state index contributed by atoms with van der Waals surface area (Å²) in [6, 6.07) is 0. The van der Waals surface area contributed by atoms with Crippen LogP contribution in [0, 0.1) is 10.8 Å². The minimum absolute atomic E-state index is 0.0748. The molecule has 0 aromatic rings. The first-order chi connectivity index (χ1) is 8.62. The zero-order chi connectivity index (χ0) is 14.4. The monoisotopic (exact) mass is 266 g/mol. The van der Waals surface area contributed by atoms with Crippen molar-refractivity contribution in [3.8, 4) is 0 Å². The molecule has 0 saturated heterocycles. The first-order valence-corrected chi connectivity index (χ1v) is 8.20. The topological polar surface area (TPSA) is 52.0 Å². The molecule has 19 heavy (non-hydrogen) atoms. The highest BCUT2D eigenvalue weighted by molar-refractivity contribution is 5.10. The van der Waals surface area contributed by atoms with Gasteiger partial charge in [0, 0.05) is 11.1 Å². The van der Waals surface area contributed by atoms with E-state index in [0.717, 1.165) is 19.3 Å². The fraction of sp³-hybridized carbons (Fsp3) is 1.00. The molecule has 0 bridgehead atoms. The zero-order valence-electron chi connectivity index (χ0n) is 13.5. The van der Waals surface area contributed by atoms with Crippen LogP contribution >= 0.6 is 0 Å². The van der Waals surface area contributed by atoms with E-state index in [-0.39, 0.29) is 21.9 Å². The van der Waals surface area contributed by atoms with Crippen molar-refractivity contribution < 1.29 is 0 Å². The van der Waals surface area contributed by atoms with Crippen LogP contribution < -0.4 is 11.5 Å². The van der Waals surface area contributed by atoms with Crippen molar-refractivity contribution in [1.29, 1.82) is 0 Å². The van der Waals surface area contributed by atoms with Crippen molar-refractivity contribution >= 4 is 0 Å². The van der Waals surface area contributed by atoms with Crippen molar-refractivity contribution in [3.63, 3.8) is 0 Å². The molecule has 2 saturated carbocycles. The van der Waals surface area contributed by atoms with Gasteiger partial charge < -0.3 is 11.5 Å². The summed E-state index contributed by atoms with van der Waals surface area (Å²) in [5.74, 6) is 0. The third kappa shape index (κ3) is 2.58. The SMILES string of the molecule is CC1(C)CCCCC1(N)CC1(N)CCCCC1(C)C. The van der Waals surface area contributed by atoms with Gasteiger partial charge in [-0.05, 0) is 42.9 Å². The van der Waals surface area contributed by atoms with E-state index in [2.05, 4.69) is 27.7 Å². The van der Waals surface area contributed by atoms with Crippen LogP contribution in [0.3, 0.4) is 0 Å². The molecule has 0 spiro atoms. The van der Waals surface area contributed by atoms with E-state index in [9.17, 15) is 0 Å². The number of hydrogen-bond donors (Lipinski definition) is 2. The summed E-state index contributed by atoms with van der Waals surface area (Å²) >= 11 is 0. The van der Waals surface area contributed by atoms with Gasteiger partial charge in [0.05, 0.1) is 0 Å². The van der Waals surface area contributed by atoms with Crippen molar-refractivity contribution in [1.82, 2.24) is 0 Å². The smallest absolute Gasteiger partial charge is 0.0223 e. The molecule has 0 aliphatic heterocycles. The highest BCUT2D eigenvalue weighted by Crippen LogP contribution is 2.52. The largest absolute Gasteiger partial charge is 0.325 e. The standard InChI is InChI=1S/C17H34N2/c1-14(2)9-5-7-11-16(14,18)13-17(19)12-8-6-10-15(17,3)4/h5-13,18-19H2,1-4H3. The second-order valence-corrected chi connectivity index (χ2v) is 8.67. The van der Waals surface area contributed by atoms with Crippen LogP contribution in [0.1, 0.15) is 85.5 Å². The highest BCUT2D eigenvalue weighted by Gasteiger charge is 2.52. The molecule has 4 N–H and O–H groups in total. The number of hydrogen-bond acceptors (Lipinski definition) is 2.